The van der Waals surface area contributed by atoms with Crippen molar-refractivity contribution in [2.75, 3.05) is 0 Å². The predicted molar refractivity (Wildman–Crippen MR) is 90.2 cm³/mol. The van der Waals surface area contributed by atoms with Gasteiger partial charge in [0.1, 0.15) is 0 Å². The summed E-state index contributed by atoms with van der Waals surface area (Å²) in [5, 5.41) is 9.45. The quantitative estimate of drug-likeness (QED) is 0.866. The molecule has 23 heavy (non-hydrogen) atoms. The first-order chi connectivity index (χ1) is 10.7. The van der Waals surface area contributed by atoms with Crippen molar-refractivity contribution in [2.24, 2.45) is 11.3 Å². The molecule has 1 aromatic rings. The zero-order chi connectivity index (χ0) is 17.0. The lowest BCUT2D eigenvalue weighted by atomic mass is 9.50. The van der Waals surface area contributed by atoms with Crippen LogP contribution in [0.3, 0.4) is 0 Å². The van der Waals surface area contributed by atoms with Gasteiger partial charge in [0.05, 0.1) is 5.56 Å². The number of carboxylic acids is 1. The third-order valence-electron chi connectivity index (χ3n) is 6.41. The van der Waals surface area contributed by atoms with Crippen molar-refractivity contribution in [3.63, 3.8) is 0 Å². The van der Waals surface area contributed by atoms with Gasteiger partial charge in [0, 0.05) is 12.0 Å². The molecule has 1 saturated carbocycles. The number of hydrogen-bond donors (Lipinski definition) is 1. The Balaban J connectivity index is 2.26. The van der Waals surface area contributed by atoms with Crippen LogP contribution in [0, 0.1) is 11.3 Å². The zero-order valence-corrected chi connectivity index (χ0v) is 14.5. The zero-order valence-electron chi connectivity index (χ0n) is 14.5. The van der Waals surface area contributed by atoms with E-state index in [-0.39, 0.29) is 22.2 Å². The summed E-state index contributed by atoms with van der Waals surface area (Å²) >= 11 is 0. The van der Waals surface area contributed by atoms with Crippen LogP contribution >= 0.6 is 0 Å². The molecule has 2 aliphatic rings. The smallest absolute Gasteiger partial charge is 0.335 e. The number of carbonyl (C=O) groups is 2. The van der Waals surface area contributed by atoms with E-state index < -0.39 is 5.97 Å². The summed E-state index contributed by atoms with van der Waals surface area (Å²) in [4.78, 5) is 24.5. The molecule has 2 aliphatic carbocycles. The minimum atomic E-state index is -0.936. The second-order valence-corrected chi connectivity index (χ2v) is 8.11. The van der Waals surface area contributed by atoms with Crippen LogP contribution < -0.4 is 0 Å². The maximum absolute atomic E-state index is 12.9. The van der Waals surface area contributed by atoms with E-state index in [0.717, 1.165) is 30.4 Å². The Bertz CT molecular complexity index is 686. The van der Waals surface area contributed by atoms with E-state index in [1.54, 1.807) is 6.07 Å². The second kappa shape index (κ2) is 5.19. The number of ketones is 1. The SMILES string of the molecule is CCc1c(C(=O)O)ccc2c1C(=O)C[C@@H]1C(C)(C)CCC[C@]21C. The molecule has 0 aliphatic heterocycles. The summed E-state index contributed by atoms with van der Waals surface area (Å²) in [5.41, 5.74) is 2.95. The van der Waals surface area contributed by atoms with Gasteiger partial charge in [-0.2, -0.15) is 0 Å². The van der Waals surface area contributed by atoms with Gasteiger partial charge in [-0.15, -0.1) is 0 Å². The Morgan fingerprint density at radius 2 is 1.96 bits per heavy atom. The molecule has 0 radical (unpaired) electrons. The average Bonchev–Trinajstić information content (AvgIpc) is 2.48. The van der Waals surface area contributed by atoms with Crippen LogP contribution in [0.25, 0.3) is 0 Å². The molecule has 3 nitrogen and oxygen atoms in total. The molecule has 0 amide bonds. The number of rotatable bonds is 2. The van der Waals surface area contributed by atoms with Crippen LogP contribution in [0.2, 0.25) is 0 Å². The lowest BCUT2D eigenvalue weighted by Crippen LogP contribution is -2.49. The van der Waals surface area contributed by atoms with Gasteiger partial charge >= 0.3 is 5.97 Å². The highest BCUT2D eigenvalue weighted by molar-refractivity contribution is 6.04. The molecule has 2 atom stereocenters. The third kappa shape index (κ3) is 2.24. The van der Waals surface area contributed by atoms with Gasteiger partial charge in [0.25, 0.3) is 0 Å². The fourth-order valence-corrected chi connectivity index (χ4v) is 5.24. The highest BCUT2D eigenvalue weighted by atomic mass is 16.4. The van der Waals surface area contributed by atoms with Crippen LogP contribution in [0.5, 0.6) is 0 Å². The van der Waals surface area contributed by atoms with E-state index in [0.29, 0.717) is 24.3 Å². The number of hydrogen-bond acceptors (Lipinski definition) is 2. The largest absolute Gasteiger partial charge is 0.478 e. The van der Waals surface area contributed by atoms with Gasteiger partial charge in [-0.25, -0.2) is 4.79 Å². The monoisotopic (exact) mass is 314 g/mol. The highest BCUT2D eigenvalue weighted by Crippen LogP contribution is 2.57. The van der Waals surface area contributed by atoms with Gasteiger partial charge in [0.15, 0.2) is 5.78 Å². The number of aromatic carboxylic acids is 1. The van der Waals surface area contributed by atoms with Crippen molar-refractivity contribution in [3.8, 4) is 0 Å². The number of benzene rings is 1. The first kappa shape index (κ1) is 16.2. The van der Waals surface area contributed by atoms with Crippen LogP contribution in [0.15, 0.2) is 12.1 Å². The van der Waals surface area contributed by atoms with Gasteiger partial charge < -0.3 is 5.11 Å². The van der Waals surface area contributed by atoms with Gasteiger partial charge in [-0.1, -0.05) is 40.2 Å². The molecule has 3 heteroatoms. The molecule has 124 valence electrons. The van der Waals surface area contributed by atoms with E-state index in [2.05, 4.69) is 20.8 Å². The topological polar surface area (TPSA) is 54.4 Å². The fraction of sp³-hybridized carbons (Fsp3) is 0.600. The molecule has 1 fully saturated rings. The van der Waals surface area contributed by atoms with Crippen molar-refractivity contribution in [3.05, 3.63) is 34.4 Å². The summed E-state index contributed by atoms with van der Waals surface area (Å²) in [7, 11) is 0. The molecule has 0 aromatic heterocycles. The maximum Gasteiger partial charge on any atom is 0.335 e. The maximum atomic E-state index is 12.9. The van der Waals surface area contributed by atoms with Gasteiger partial charge in [0.2, 0.25) is 0 Å². The van der Waals surface area contributed by atoms with Crippen LogP contribution in [-0.4, -0.2) is 16.9 Å². The van der Waals surface area contributed by atoms with Crippen molar-refractivity contribution >= 4 is 11.8 Å². The molecular formula is C20H26O3. The van der Waals surface area contributed by atoms with Crippen molar-refractivity contribution in [2.45, 2.75) is 65.2 Å². The Morgan fingerprint density at radius 3 is 2.57 bits per heavy atom. The third-order valence-corrected chi connectivity index (χ3v) is 6.41. The van der Waals surface area contributed by atoms with Crippen LogP contribution in [-0.2, 0) is 11.8 Å². The Hall–Kier alpha value is -1.64. The molecule has 0 bridgehead atoms. The van der Waals surface area contributed by atoms with Crippen molar-refractivity contribution < 1.29 is 14.7 Å². The standard InChI is InChI=1S/C20H26O3/c1-5-12-13(18(22)23)7-8-14-17(12)15(21)11-16-19(2,3)9-6-10-20(14,16)4/h7-8,16H,5-6,9-11H2,1-4H3,(H,22,23)/t16-,20-/m1/s1. The molecule has 0 unspecified atom stereocenters. The predicted octanol–water partition coefficient (Wildman–Crippen LogP) is 4.62. The van der Waals surface area contributed by atoms with Crippen molar-refractivity contribution in [1.29, 1.82) is 0 Å². The lowest BCUT2D eigenvalue weighted by Gasteiger charge is -2.54. The minimum Gasteiger partial charge on any atom is -0.478 e. The average molecular weight is 314 g/mol. The first-order valence-corrected chi connectivity index (χ1v) is 8.65. The van der Waals surface area contributed by atoms with E-state index in [1.807, 2.05) is 13.0 Å². The summed E-state index contributed by atoms with van der Waals surface area (Å²) in [5.74, 6) is -0.463. The minimum absolute atomic E-state index is 0.0219. The van der Waals surface area contributed by atoms with Crippen LogP contribution in [0.4, 0.5) is 0 Å². The first-order valence-electron chi connectivity index (χ1n) is 8.65. The molecule has 0 saturated heterocycles. The van der Waals surface area contributed by atoms with Gasteiger partial charge in [-0.3, -0.25) is 4.79 Å². The normalized spacial score (nSPS) is 28.9. The van der Waals surface area contributed by atoms with Crippen molar-refractivity contribution in [1.82, 2.24) is 0 Å². The number of Topliss-reactive ketones (excluding diaryl/α,β-unsaturated/α-hetero) is 1. The number of fused-ring (bicyclic) bond motifs is 3. The van der Waals surface area contributed by atoms with Crippen LogP contribution in [0.1, 0.15) is 85.2 Å². The summed E-state index contributed by atoms with van der Waals surface area (Å²) in [6.07, 6.45) is 4.53. The molecule has 1 N–H and O–H groups in total. The number of carboxylic acid groups (broad SMARTS) is 1. The molecular weight excluding hydrogens is 288 g/mol. The summed E-state index contributed by atoms with van der Waals surface area (Å²) in [6.45, 7) is 8.78. The Kier molecular flexibility index (Phi) is 3.66. The second-order valence-electron chi connectivity index (χ2n) is 8.11. The van der Waals surface area contributed by atoms with E-state index in [4.69, 9.17) is 0 Å². The molecule has 0 heterocycles. The van der Waals surface area contributed by atoms with Gasteiger partial charge in [-0.05, 0) is 53.2 Å². The van der Waals surface area contributed by atoms with E-state index in [1.165, 1.54) is 0 Å². The van der Waals surface area contributed by atoms with E-state index >= 15 is 0 Å². The molecule has 1 aromatic carbocycles. The summed E-state index contributed by atoms with van der Waals surface area (Å²) < 4.78 is 0. The molecule has 0 spiro atoms. The van der Waals surface area contributed by atoms with E-state index in [9.17, 15) is 14.7 Å². The summed E-state index contributed by atoms with van der Waals surface area (Å²) in [6, 6.07) is 3.63. The molecule has 3 rings (SSSR count). The fourth-order valence-electron chi connectivity index (χ4n) is 5.24. The highest BCUT2D eigenvalue weighted by Gasteiger charge is 2.52. The number of carbonyl (C=O) groups excluding carboxylic acids is 1. The Labute approximate surface area is 138 Å². The Morgan fingerprint density at radius 1 is 1.26 bits per heavy atom. The lowest BCUT2D eigenvalue weighted by molar-refractivity contribution is 0.0367.